The Morgan fingerprint density at radius 3 is 2.50 bits per heavy atom. The highest BCUT2D eigenvalue weighted by Gasteiger charge is 2.28. The fourth-order valence-electron chi connectivity index (χ4n) is 1.86. The number of halogens is 2. The van der Waals surface area contributed by atoms with Crippen LogP contribution >= 0.6 is 0 Å². The standard InChI is InChI=1S/C12H10F2N2O4/c13-6-3-5(12(19)20)9(4-7(6)14)16-11(18)8-1-2-10(17)15-8/h3-4,8H,1-2H2,(H,15,17)(H,16,18)(H,19,20). The first-order valence-corrected chi connectivity index (χ1v) is 5.71. The molecule has 3 N–H and O–H groups in total. The van der Waals surface area contributed by atoms with E-state index in [0.29, 0.717) is 12.1 Å². The Labute approximate surface area is 111 Å². The smallest absolute Gasteiger partial charge is 0.337 e. The zero-order valence-corrected chi connectivity index (χ0v) is 10.1. The topological polar surface area (TPSA) is 95.5 Å². The number of amides is 2. The summed E-state index contributed by atoms with van der Waals surface area (Å²) >= 11 is 0. The number of nitrogens with one attached hydrogen (secondary N) is 2. The number of rotatable bonds is 3. The molecule has 6 nitrogen and oxygen atoms in total. The van der Waals surface area contributed by atoms with Crippen LogP contribution in [0.2, 0.25) is 0 Å². The molecule has 20 heavy (non-hydrogen) atoms. The average molecular weight is 284 g/mol. The Morgan fingerprint density at radius 1 is 1.30 bits per heavy atom. The van der Waals surface area contributed by atoms with E-state index in [9.17, 15) is 23.2 Å². The number of benzene rings is 1. The molecule has 0 aliphatic carbocycles. The number of aromatic carboxylic acids is 1. The maximum absolute atomic E-state index is 13.1. The number of hydrogen-bond donors (Lipinski definition) is 3. The lowest BCUT2D eigenvalue weighted by Gasteiger charge is -2.13. The molecule has 1 atom stereocenters. The second-order valence-corrected chi connectivity index (χ2v) is 4.27. The molecule has 0 aromatic heterocycles. The molecule has 2 amide bonds. The first kappa shape index (κ1) is 13.9. The van der Waals surface area contributed by atoms with Crippen LogP contribution in [0, 0.1) is 11.6 Å². The van der Waals surface area contributed by atoms with Crippen LogP contribution in [0.3, 0.4) is 0 Å². The maximum Gasteiger partial charge on any atom is 0.337 e. The van der Waals surface area contributed by atoms with Gasteiger partial charge in [0.25, 0.3) is 0 Å². The molecule has 1 aromatic carbocycles. The molecule has 0 radical (unpaired) electrons. The van der Waals surface area contributed by atoms with Gasteiger partial charge < -0.3 is 15.7 Å². The third-order valence-corrected chi connectivity index (χ3v) is 2.86. The molecule has 1 aromatic rings. The summed E-state index contributed by atoms with van der Waals surface area (Å²) < 4.78 is 26.1. The summed E-state index contributed by atoms with van der Waals surface area (Å²) in [5, 5.41) is 13.5. The predicted octanol–water partition coefficient (Wildman–Crippen LogP) is 0.880. The lowest BCUT2D eigenvalue weighted by atomic mass is 10.1. The van der Waals surface area contributed by atoms with Gasteiger partial charge in [0, 0.05) is 12.5 Å². The number of carboxylic acids is 1. The SMILES string of the molecule is O=C1CCC(C(=O)Nc2cc(F)c(F)cc2C(=O)O)N1. The molecule has 1 unspecified atom stereocenters. The van der Waals surface area contributed by atoms with Gasteiger partial charge >= 0.3 is 5.97 Å². The molecule has 1 aliphatic rings. The Morgan fingerprint density at radius 2 is 1.95 bits per heavy atom. The van der Waals surface area contributed by atoms with Crippen molar-refractivity contribution in [2.75, 3.05) is 5.32 Å². The number of carboxylic acid groups (broad SMARTS) is 1. The molecule has 2 rings (SSSR count). The molecule has 0 spiro atoms. The molecule has 1 fully saturated rings. The van der Waals surface area contributed by atoms with Gasteiger partial charge in [0.1, 0.15) is 6.04 Å². The number of carbonyl (C=O) groups excluding carboxylic acids is 2. The van der Waals surface area contributed by atoms with E-state index in [1.165, 1.54) is 0 Å². The molecule has 1 aliphatic heterocycles. The summed E-state index contributed by atoms with van der Waals surface area (Å²) in [6.45, 7) is 0. The maximum atomic E-state index is 13.1. The van der Waals surface area contributed by atoms with Crippen molar-refractivity contribution in [1.82, 2.24) is 5.32 Å². The van der Waals surface area contributed by atoms with Crippen LogP contribution in [-0.4, -0.2) is 28.9 Å². The molecule has 0 saturated carbocycles. The highest BCUT2D eigenvalue weighted by molar-refractivity contribution is 6.03. The Kier molecular flexibility index (Phi) is 3.64. The Bertz CT molecular complexity index is 603. The van der Waals surface area contributed by atoms with Gasteiger partial charge in [-0.2, -0.15) is 0 Å². The minimum Gasteiger partial charge on any atom is -0.478 e. The van der Waals surface area contributed by atoms with Gasteiger partial charge in [-0.25, -0.2) is 13.6 Å². The van der Waals surface area contributed by atoms with Crippen molar-refractivity contribution in [3.8, 4) is 0 Å². The molecule has 1 saturated heterocycles. The summed E-state index contributed by atoms with van der Waals surface area (Å²) in [6.07, 6.45) is 0.443. The van der Waals surface area contributed by atoms with Crippen molar-refractivity contribution in [2.45, 2.75) is 18.9 Å². The molecule has 8 heteroatoms. The summed E-state index contributed by atoms with van der Waals surface area (Å²) in [5.41, 5.74) is -0.927. The zero-order chi connectivity index (χ0) is 14.9. The fraction of sp³-hybridized carbons (Fsp3) is 0.250. The van der Waals surface area contributed by atoms with Crippen LogP contribution in [0.25, 0.3) is 0 Å². The van der Waals surface area contributed by atoms with Gasteiger partial charge in [-0.1, -0.05) is 0 Å². The van der Waals surface area contributed by atoms with E-state index >= 15 is 0 Å². The number of hydrogen-bond acceptors (Lipinski definition) is 3. The third kappa shape index (κ3) is 2.73. The van der Waals surface area contributed by atoms with Crippen molar-refractivity contribution in [3.63, 3.8) is 0 Å². The van der Waals surface area contributed by atoms with Gasteiger partial charge in [0.15, 0.2) is 11.6 Å². The van der Waals surface area contributed by atoms with E-state index in [4.69, 9.17) is 5.11 Å². The van der Waals surface area contributed by atoms with Gasteiger partial charge in [-0.05, 0) is 12.5 Å². The van der Waals surface area contributed by atoms with E-state index in [2.05, 4.69) is 10.6 Å². The minimum atomic E-state index is -1.50. The zero-order valence-electron chi connectivity index (χ0n) is 10.1. The predicted molar refractivity (Wildman–Crippen MR) is 63.1 cm³/mol. The van der Waals surface area contributed by atoms with Crippen molar-refractivity contribution < 1.29 is 28.3 Å². The monoisotopic (exact) mass is 284 g/mol. The summed E-state index contributed by atoms with van der Waals surface area (Å²) in [7, 11) is 0. The average Bonchev–Trinajstić information content (AvgIpc) is 2.80. The second-order valence-electron chi connectivity index (χ2n) is 4.27. The van der Waals surface area contributed by atoms with E-state index in [1.807, 2.05) is 0 Å². The van der Waals surface area contributed by atoms with Gasteiger partial charge in [-0.15, -0.1) is 0 Å². The second kappa shape index (κ2) is 5.24. The molecular formula is C12H10F2N2O4. The summed E-state index contributed by atoms with van der Waals surface area (Å²) in [5.74, 6) is -5.08. The Hall–Kier alpha value is -2.51. The summed E-state index contributed by atoms with van der Waals surface area (Å²) in [6, 6.07) is 0.269. The van der Waals surface area contributed by atoms with Crippen LogP contribution in [0.4, 0.5) is 14.5 Å². The van der Waals surface area contributed by atoms with Crippen LogP contribution in [0.1, 0.15) is 23.2 Å². The van der Waals surface area contributed by atoms with Crippen molar-refractivity contribution in [2.24, 2.45) is 0 Å². The van der Waals surface area contributed by atoms with Gasteiger partial charge in [0.2, 0.25) is 11.8 Å². The van der Waals surface area contributed by atoms with Crippen LogP contribution < -0.4 is 10.6 Å². The van der Waals surface area contributed by atoms with Crippen LogP contribution in [0.15, 0.2) is 12.1 Å². The lowest BCUT2D eigenvalue weighted by Crippen LogP contribution is -2.37. The fourth-order valence-corrected chi connectivity index (χ4v) is 1.86. The Balaban J connectivity index is 2.24. The van der Waals surface area contributed by atoms with Gasteiger partial charge in [-0.3, -0.25) is 9.59 Å². The first-order valence-electron chi connectivity index (χ1n) is 5.71. The minimum absolute atomic E-state index is 0.182. The lowest BCUT2D eigenvalue weighted by molar-refractivity contribution is -0.122. The number of anilines is 1. The molecular weight excluding hydrogens is 274 g/mol. The van der Waals surface area contributed by atoms with Crippen molar-refractivity contribution >= 4 is 23.5 Å². The number of carbonyl (C=O) groups is 3. The highest BCUT2D eigenvalue weighted by Crippen LogP contribution is 2.21. The normalized spacial score (nSPS) is 17.7. The largest absolute Gasteiger partial charge is 0.478 e. The highest BCUT2D eigenvalue weighted by atomic mass is 19.2. The van der Waals surface area contributed by atoms with E-state index in [-0.39, 0.29) is 24.4 Å². The summed E-state index contributed by atoms with van der Waals surface area (Å²) in [4.78, 5) is 33.7. The van der Waals surface area contributed by atoms with Crippen molar-refractivity contribution in [3.05, 3.63) is 29.3 Å². The van der Waals surface area contributed by atoms with Crippen LogP contribution in [0.5, 0.6) is 0 Å². The molecule has 1 heterocycles. The van der Waals surface area contributed by atoms with E-state index < -0.39 is 35.1 Å². The molecule has 106 valence electrons. The van der Waals surface area contributed by atoms with Gasteiger partial charge in [0.05, 0.1) is 11.3 Å². The van der Waals surface area contributed by atoms with Crippen LogP contribution in [-0.2, 0) is 9.59 Å². The van der Waals surface area contributed by atoms with Crippen molar-refractivity contribution in [1.29, 1.82) is 0 Å². The first-order chi connectivity index (χ1) is 9.38. The quantitative estimate of drug-likeness (QED) is 0.767. The van der Waals surface area contributed by atoms with E-state index in [0.717, 1.165) is 0 Å². The molecule has 0 bridgehead atoms. The van der Waals surface area contributed by atoms with E-state index in [1.54, 1.807) is 0 Å². The third-order valence-electron chi connectivity index (χ3n) is 2.86.